The Labute approximate surface area is 270 Å². The largest absolute Gasteiger partial charge is 1.00 e. The Bertz CT molecular complexity index is 1670. The summed E-state index contributed by atoms with van der Waals surface area (Å²) in [7, 11) is 1.40. The Kier molecular flexibility index (Phi) is 12.9. The van der Waals surface area contributed by atoms with Gasteiger partial charge in [-0.1, -0.05) is 115 Å². The number of nitrogens with zero attached hydrogens (tertiary/aromatic N) is 4. The van der Waals surface area contributed by atoms with Gasteiger partial charge >= 0.3 is 17.1 Å². The molecular formula is C35H31ClCuN4OP. The molecule has 8 heteroatoms. The molecular weight excluding hydrogens is 622 g/mol. The van der Waals surface area contributed by atoms with Crippen molar-refractivity contribution in [3.63, 3.8) is 0 Å². The van der Waals surface area contributed by atoms with Crippen molar-refractivity contribution in [1.82, 2.24) is 14.3 Å². The van der Waals surface area contributed by atoms with Gasteiger partial charge in [0.25, 0.3) is 5.56 Å². The zero-order chi connectivity index (χ0) is 28.4. The van der Waals surface area contributed by atoms with E-state index in [-0.39, 0.29) is 35.0 Å². The van der Waals surface area contributed by atoms with Gasteiger partial charge in [-0.15, -0.1) is 0 Å². The number of para-hydroxylation sites is 1. The maximum Gasteiger partial charge on any atom is 1.00 e. The van der Waals surface area contributed by atoms with Crippen LogP contribution in [0.1, 0.15) is 11.4 Å². The van der Waals surface area contributed by atoms with Crippen LogP contribution in [-0.2, 0) is 24.1 Å². The summed E-state index contributed by atoms with van der Waals surface area (Å²) in [6, 6.07) is 47.4. The third-order valence-corrected chi connectivity index (χ3v) is 9.02. The maximum atomic E-state index is 12.6. The van der Waals surface area contributed by atoms with Crippen LogP contribution in [0.25, 0.3) is 5.69 Å². The number of hydrogen-bond acceptors (Lipinski definition) is 3. The van der Waals surface area contributed by atoms with Gasteiger partial charge in [-0.25, -0.2) is 9.67 Å². The van der Waals surface area contributed by atoms with Gasteiger partial charge < -0.3 is 12.4 Å². The van der Waals surface area contributed by atoms with Gasteiger partial charge in [0.1, 0.15) is 0 Å². The SMILES string of the molecule is Cc1c(N=Cc2ccccn2)c(=O)n(-c2ccccc2)n1C.[Cl-].[Cu+].c1ccc(P(c2ccccc2)c2ccccc2)cc1. The molecule has 0 aliphatic rings. The third-order valence-electron chi connectivity index (χ3n) is 6.58. The second kappa shape index (κ2) is 16.6. The van der Waals surface area contributed by atoms with E-state index >= 15 is 0 Å². The normalized spacial score (nSPS) is 10.4. The van der Waals surface area contributed by atoms with Crippen LogP contribution in [0.15, 0.2) is 156 Å². The first-order valence-corrected chi connectivity index (χ1v) is 14.7. The fourth-order valence-electron chi connectivity index (χ4n) is 4.46. The van der Waals surface area contributed by atoms with Crippen molar-refractivity contribution in [2.75, 3.05) is 0 Å². The molecule has 0 saturated carbocycles. The van der Waals surface area contributed by atoms with Crippen molar-refractivity contribution in [3.05, 3.63) is 167 Å². The van der Waals surface area contributed by atoms with E-state index in [2.05, 4.69) is 101 Å². The van der Waals surface area contributed by atoms with Crippen LogP contribution in [0.2, 0.25) is 0 Å². The maximum absolute atomic E-state index is 12.6. The minimum Gasteiger partial charge on any atom is -1.00 e. The summed E-state index contributed by atoms with van der Waals surface area (Å²) in [6.07, 6.45) is 3.31. The number of aromatic nitrogens is 3. The van der Waals surface area contributed by atoms with Crippen molar-refractivity contribution in [2.24, 2.45) is 12.0 Å². The van der Waals surface area contributed by atoms with E-state index in [4.69, 9.17) is 0 Å². The van der Waals surface area contributed by atoms with Gasteiger partial charge in [-0.3, -0.25) is 14.5 Å². The summed E-state index contributed by atoms with van der Waals surface area (Å²) < 4.78 is 3.42. The molecule has 0 aliphatic heterocycles. The van der Waals surface area contributed by atoms with Crippen molar-refractivity contribution in [2.45, 2.75) is 6.92 Å². The summed E-state index contributed by atoms with van der Waals surface area (Å²) in [4.78, 5) is 21.2. The van der Waals surface area contributed by atoms with E-state index in [9.17, 15) is 4.79 Å². The molecule has 43 heavy (non-hydrogen) atoms. The average Bonchev–Trinajstić information content (AvgIpc) is 3.25. The van der Waals surface area contributed by atoms with Crippen molar-refractivity contribution < 1.29 is 29.5 Å². The van der Waals surface area contributed by atoms with E-state index < -0.39 is 7.92 Å². The molecule has 2 heterocycles. The minimum atomic E-state index is -0.446. The molecule has 5 nitrogen and oxygen atoms in total. The summed E-state index contributed by atoms with van der Waals surface area (Å²) in [5.41, 5.74) is 2.63. The first-order chi connectivity index (χ1) is 20.1. The Balaban J connectivity index is 0.000000227. The van der Waals surface area contributed by atoms with Crippen molar-refractivity contribution in [1.29, 1.82) is 0 Å². The second-order valence-electron chi connectivity index (χ2n) is 9.26. The van der Waals surface area contributed by atoms with E-state index in [1.54, 1.807) is 17.1 Å². The molecule has 2 aromatic heterocycles. The van der Waals surface area contributed by atoms with Gasteiger partial charge in [-0.05, 0) is 55.0 Å². The number of halogens is 1. The fourth-order valence-corrected chi connectivity index (χ4v) is 6.77. The van der Waals surface area contributed by atoms with E-state index in [1.165, 1.54) is 15.9 Å². The minimum absolute atomic E-state index is 0. The molecule has 0 fully saturated rings. The summed E-state index contributed by atoms with van der Waals surface area (Å²) >= 11 is 0. The van der Waals surface area contributed by atoms with Gasteiger partial charge in [0.05, 0.1) is 23.3 Å². The van der Waals surface area contributed by atoms with Crippen molar-refractivity contribution in [3.8, 4) is 5.69 Å². The zero-order valence-electron chi connectivity index (χ0n) is 23.8. The summed E-state index contributed by atoms with van der Waals surface area (Å²) in [5.74, 6) is 0. The Morgan fingerprint density at radius 1 is 0.674 bits per heavy atom. The molecule has 0 unspecified atom stereocenters. The van der Waals surface area contributed by atoms with Gasteiger partial charge in [0.15, 0.2) is 5.69 Å². The molecule has 220 valence electrons. The molecule has 4 aromatic carbocycles. The molecule has 0 radical (unpaired) electrons. The molecule has 0 amide bonds. The quantitative estimate of drug-likeness (QED) is 0.158. The summed E-state index contributed by atoms with van der Waals surface area (Å²) in [6.45, 7) is 1.88. The number of rotatable bonds is 6. The molecule has 0 atom stereocenters. The van der Waals surface area contributed by atoms with Gasteiger partial charge in [-0.2, -0.15) is 0 Å². The van der Waals surface area contributed by atoms with Gasteiger partial charge in [0, 0.05) is 13.2 Å². The molecule has 0 spiro atoms. The van der Waals surface area contributed by atoms with Crippen LogP contribution in [0.3, 0.4) is 0 Å². The molecule has 0 N–H and O–H groups in total. The van der Waals surface area contributed by atoms with E-state index in [0.717, 1.165) is 17.1 Å². The first kappa shape index (κ1) is 33.5. The molecule has 0 bridgehead atoms. The standard InChI is InChI=1S/C18H15P.C17H16N4O.ClH.Cu/c1-4-10-16(11-5-1)19(17-12-6-2-7-13-17)18-14-8-3-9-15-18;1-13-16(19-12-14-8-6-7-11-18-14)17(22)21(20(13)2)15-9-4-3-5-10-15;;/h1-15H;3-12H,1-2H3;1H;/q;;;+1/p-1. The van der Waals surface area contributed by atoms with Crippen molar-refractivity contribution >= 4 is 35.7 Å². The zero-order valence-corrected chi connectivity index (χ0v) is 26.3. The monoisotopic (exact) mass is 652 g/mol. The average molecular weight is 654 g/mol. The van der Waals surface area contributed by atoms with Crippen LogP contribution >= 0.6 is 7.92 Å². The fraction of sp³-hybridized carbons (Fsp3) is 0.0571. The number of aliphatic imine (C=N–C) groups is 1. The third kappa shape index (κ3) is 8.28. The van der Waals surface area contributed by atoms with Gasteiger partial charge in [0.2, 0.25) is 0 Å². The molecule has 0 aliphatic carbocycles. The van der Waals surface area contributed by atoms with Crippen LogP contribution in [0, 0.1) is 6.92 Å². The molecule has 0 saturated heterocycles. The smallest absolute Gasteiger partial charge is 1.00 e. The Morgan fingerprint density at radius 3 is 1.56 bits per heavy atom. The molecule has 6 aromatic rings. The number of pyridine rings is 1. The Hall–Kier alpha value is -4.05. The number of hydrogen-bond donors (Lipinski definition) is 0. The molecule has 6 rings (SSSR count). The second-order valence-corrected chi connectivity index (χ2v) is 11.5. The van der Waals surface area contributed by atoms with E-state index in [0.29, 0.717) is 5.69 Å². The van der Waals surface area contributed by atoms with Crippen LogP contribution < -0.4 is 33.9 Å². The van der Waals surface area contributed by atoms with E-state index in [1.807, 2.05) is 67.2 Å². The van der Waals surface area contributed by atoms with Crippen LogP contribution in [0.4, 0.5) is 5.69 Å². The predicted molar refractivity (Wildman–Crippen MR) is 172 cm³/mol. The van der Waals surface area contributed by atoms with Crippen LogP contribution in [-0.4, -0.2) is 20.6 Å². The number of benzene rings is 4. The Morgan fingerprint density at radius 2 is 1.12 bits per heavy atom. The topological polar surface area (TPSA) is 52.2 Å². The first-order valence-electron chi connectivity index (χ1n) is 13.4. The summed E-state index contributed by atoms with van der Waals surface area (Å²) in [5, 5.41) is 4.19. The predicted octanol–water partition coefficient (Wildman–Crippen LogP) is 3.08. The van der Waals surface area contributed by atoms with Crippen LogP contribution in [0.5, 0.6) is 0 Å².